The summed E-state index contributed by atoms with van der Waals surface area (Å²) in [5, 5.41) is 13.8. The lowest BCUT2D eigenvalue weighted by Gasteiger charge is -2.62. The van der Waals surface area contributed by atoms with E-state index < -0.39 is 58.4 Å². The highest BCUT2D eigenvalue weighted by atomic mass is 19.1. The van der Waals surface area contributed by atoms with Crippen molar-refractivity contribution in [1.29, 1.82) is 0 Å². The number of aliphatic hydroxyl groups is 1. The standard InChI is InChI=1S/C24H30FNO7/c1-20(2)32-19-10-16-15-6-5-13-9-14(27)7-8-21(13,3)23(15,25)17(28)11-22(16,4)24(19,33-20)18(29)12-31-26-30/h7-9,15-17,19,28H,5-6,10-12H2,1-4H3/t15-,16-,17-,19+,21-,22-,23?,24+/m0/s1. The Kier molecular flexibility index (Phi) is 4.70. The average Bonchev–Trinajstić information content (AvgIpc) is 3.14. The molecule has 1 aliphatic heterocycles. The molecule has 4 fully saturated rings. The van der Waals surface area contributed by atoms with Crippen LogP contribution in [0.4, 0.5) is 4.39 Å². The number of ether oxygens (including phenoxy) is 2. The van der Waals surface area contributed by atoms with Gasteiger partial charge >= 0.3 is 0 Å². The van der Waals surface area contributed by atoms with Gasteiger partial charge in [0.1, 0.15) is 0 Å². The van der Waals surface area contributed by atoms with Gasteiger partial charge in [-0.25, -0.2) is 4.39 Å². The summed E-state index contributed by atoms with van der Waals surface area (Å²) in [6.07, 6.45) is 3.68. The lowest BCUT2D eigenvalue weighted by Crippen LogP contribution is -2.70. The highest BCUT2D eigenvalue weighted by Crippen LogP contribution is 2.72. The zero-order chi connectivity index (χ0) is 24.0. The third-order valence-corrected chi connectivity index (χ3v) is 9.30. The van der Waals surface area contributed by atoms with Crippen molar-refractivity contribution in [2.75, 3.05) is 6.61 Å². The molecule has 180 valence electrons. The fourth-order valence-electron chi connectivity index (χ4n) is 8.00. The van der Waals surface area contributed by atoms with Crippen LogP contribution in [0.5, 0.6) is 0 Å². The number of hydrogen-bond donors (Lipinski definition) is 1. The molecule has 1 unspecified atom stereocenters. The van der Waals surface area contributed by atoms with Gasteiger partial charge in [-0.3, -0.25) is 9.59 Å². The molecule has 5 aliphatic rings. The number of carbonyl (C=O) groups excluding carboxylic acids is 2. The fourth-order valence-corrected chi connectivity index (χ4v) is 8.00. The van der Waals surface area contributed by atoms with Crippen molar-refractivity contribution in [2.24, 2.45) is 28.0 Å². The number of ketones is 2. The molecule has 0 spiro atoms. The topological polar surface area (TPSA) is 111 Å². The number of hydrogen-bond acceptors (Lipinski definition) is 8. The van der Waals surface area contributed by atoms with E-state index in [2.05, 4.69) is 10.2 Å². The predicted octanol–water partition coefficient (Wildman–Crippen LogP) is 3.12. The molecule has 1 saturated heterocycles. The van der Waals surface area contributed by atoms with Crippen LogP contribution in [0.2, 0.25) is 0 Å². The van der Waals surface area contributed by atoms with Crippen molar-refractivity contribution in [3.05, 3.63) is 28.7 Å². The first-order chi connectivity index (χ1) is 15.4. The molecule has 3 saturated carbocycles. The Morgan fingerprint density at radius 3 is 2.73 bits per heavy atom. The van der Waals surface area contributed by atoms with Gasteiger partial charge in [0.25, 0.3) is 0 Å². The van der Waals surface area contributed by atoms with Crippen LogP contribution < -0.4 is 0 Å². The molecule has 9 heteroatoms. The first kappa shape index (κ1) is 22.8. The number of carbonyl (C=O) groups is 2. The van der Waals surface area contributed by atoms with Crippen molar-refractivity contribution >= 4 is 11.6 Å². The van der Waals surface area contributed by atoms with Crippen LogP contribution in [0.1, 0.15) is 53.4 Å². The van der Waals surface area contributed by atoms with E-state index in [1.54, 1.807) is 26.8 Å². The van der Waals surface area contributed by atoms with Crippen LogP contribution in [-0.2, 0) is 23.9 Å². The number of allylic oxidation sites excluding steroid dienone is 4. The number of fused-ring (bicyclic) bond motifs is 7. The summed E-state index contributed by atoms with van der Waals surface area (Å²) in [7, 11) is 0. The van der Waals surface area contributed by atoms with Crippen LogP contribution in [0.15, 0.2) is 29.1 Å². The van der Waals surface area contributed by atoms with Crippen LogP contribution in [0.3, 0.4) is 0 Å². The van der Waals surface area contributed by atoms with Crippen molar-refractivity contribution in [3.63, 3.8) is 0 Å². The first-order valence-corrected chi connectivity index (χ1v) is 11.5. The highest BCUT2D eigenvalue weighted by Gasteiger charge is 2.80. The van der Waals surface area contributed by atoms with Gasteiger partial charge in [0.05, 0.1) is 12.2 Å². The van der Waals surface area contributed by atoms with Crippen molar-refractivity contribution in [2.45, 2.75) is 82.6 Å². The number of alkyl halides is 1. The van der Waals surface area contributed by atoms with Crippen LogP contribution >= 0.6 is 0 Å². The smallest absolute Gasteiger partial charge is 0.208 e. The monoisotopic (exact) mass is 463 g/mol. The lowest BCUT2D eigenvalue weighted by molar-refractivity contribution is -0.246. The Hall–Kier alpha value is -1.97. The molecular weight excluding hydrogens is 433 g/mol. The third kappa shape index (κ3) is 2.61. The minimum atomic E-state index is -2.02. The van der Waals surface area contributed by atoms with E-state index in [9.17, 15) is 19.6 Å². The summed E-state index contributed by atoms with van der Waals surface area (Å²) in [5.41, 5.74) is -4.90. The fraction of sp³-hybridized carbons (Fsp3) is 0.750. The molecule has 0 aromatic carbocycles. The summed E-state index contributed by atoms with van der Waals surface area (Å²) in [4.78, 5) is 40.6. The quantitative estimate of drug-likeness (QED) is 0.504. The van der Waals surface area contributed by atoms with Crippen molar-refractivity contribution in [3.8, 4) is 0 Å². The Labute approximate surface area is 191 Å². The lowest BCUT2D eigenvalue weighted by atomic mass is 9.44. The number of aliphatic hydroxyl groups excluding tert-OH is 1. The molecule has 0 aromatic heterocycles. The maximum atomic E-state index is 17.2. The van der Waals surface area contributed by atoms with E-state index in [0.29, 0.717) is 24.8 Å². The van der Waals surface area contributed by atoms with E-state index in [0.717, 1.165) is 0 Å². The molecule has 5 rings (SSSR count). The van der Waals surface area contributed by atoms with Gasteiger partial charge in [-0.15, -0.1) is 4.91 Å². The number of rotatable bonds is 4. The molecule has 0 radical (unpaired) electrons. The molecule has 1 heterocycles. The van der Waals surface area contributed by atoms with Crippen LogP contribution in [-0.4, -0.2) is 52.5 Å². The second-order valence-electron chi connectivity index (χ2n) is 11.1. The molecule has 8 atom stereocenters. The van der Waals surface area contributed by atoms with Gasteiger partial charge in [0, 0.05) is 16.7 Å². The first-order valence-electron chi connectivity index (χ1n) is 11.5. The molecule has 0 aromatic rings. The summed E-state index contributed by atoms with van der Waals surface area (Å²) < 4.78 is 29.7. The van der Waals surface area contributed by atoms with Crippen molar-refractivity contribution < 1.29 is 33.4 Å². The van der Waals surface area contributed by atoms with Gasteiger partial charge in [0.2, 0.25) is 5.78 Å². The van der Waals surface area contributed by atoms with E-state index in [1.165, 1.54) is 12.2 Å². The van der Waals surface area contributed by atoms with Gasteiger partial charge < -0.3 is 19.4 Å². The number of halogens is 1. The normalized spacial score (nSPS) is 49.4. The Morgan fingerprint density at radius 1 is 1.30 bits per heavy atom. The summed E-state index contributed by atoms with van der Waals surface area (Å²) in [6.45, 7) is 6.43. The maximum absolute atomic E-state index is 17.2. The van der Waals surface area contributed by atoms with Crippen LogP contribution in [0, 0.1) is 27.6 Å². The molecule has 33 heavy (non-hydrogen) atoms. The zero-order valence-corrected chi connectivity index (χ0v) is 19.3. The maximum Gasteiger partial charge on any atom is 0.208 e. The molecule has 0 bridgehead atoms. The second-order valence-corrected chi connectivity index (χ2v) is 11.1. The van der Waals surface area contributed by atoms with Gasteiger partial charge in [-0.05, 0) is 64.5 Å². The molecular formula is C24H30FNO7. The predicted molar refractivity (Wildman–Crippen MR) is 113 cm³/mol. The van der Waals surface area contributed by atoms with E-state index in [-0.39, 0.29) is 18.1 Å². The second kappa shape index (κ2) is 6.79. The molecule has 1 N–H and O–H groups in total. The summed E-state index contributed by atoms with van der Waals surface area (Å²) >= 11 is 0. The minimum Gasteiger partial charge on any atom is -0.390 e. The molecule has 8 nitrogen and oxygen atoms in total. The third-order valence-electron chi connectivity index (χ3n) is 9.30. The summed E-state index contributed by atoms with van der Waals surface area (Å²) in [6, 6.07) is 0. The van der Waals surface area contributed by atoms with Gasteiger partial charge in [-0.2, -0.15) is 0 Å². The van der Waals surface area contributed by atoms with E-state index in [4.69, 9.17) is 9.47 Å². The van der Waals surface area contributed by atoms with Gasteiger partial charge in [-0.1, -0.05) is 18.6 Å². The SMILES string of the molecule is CC1(C)O[C@@H]2C[C@H]3[C@@H]4CCC5=CC(=O)C=C[C@]5(C)C4(F)[C@@H](O)C[C@]3(C)[C@]2(C(=O)CON=O)O1. The zero-order valence-electron chi connectivity index (χ0n) is 19.3. The van der Waals surface area contributed by atoms with Crippen molar-refractivity contribution in [1.82, 2.24) is 0 Å². The van der Waals surface area contributed by atoms with E-state index >= 15 is 4.39 Å². The Morgan fingerprint density at radius 2 is 2.03 bits per heavy atom. The summed E-state index contributed by atoms with van der Waals surface area (Å²) in [5.74, 6) is -2.65. The number of nitrogens with zero attached hydrogens (tertiary/aromatic N) is 1. The number of Topliss-reactive ketones (excluding diaryl/α,β-unsaturated/α-hetero) is 1. The largest absolute Gasteiger partial charge is 0.390 e. The van der Waals surface area contributed by atoms with Gasteiger partial charge in [0.15, 0.2) is 34.8 Å². The molecule has 0 amide bonds. The average molecular weight is 464 g/mol. The van der Waals surface area contributed by atoms with Crippen LogP contribution in [0.25, 0.3) is 0 Å². The Bertz CT molecular complexity index is 993. The molecule has 4 aliphatic carbocycles. The van der Waals surface area contributed by atoms with E-state index in [1.807, 2.05) is 6.92 Å². The minimum absolute atomic E-state index is 0.0362. The Balaban J connectivity index is 1.61. The highest BCUT2D eigenvalue weighted by molar-refractivity contribution is 6.01.